The van der Waals surface area contributed by atoms with Crippen LogP contribution in [0.25, 0.3) is 0 Å². The number of nitrogens with one attached hydrogen (secondary N) is 1. The number of rotatable bonds is 1. The van der Waals surface area contributed by atoms with Gasteiger partial charge < -0.3 is 0 Å². The lowest BCUT2D eigenvalue weighted by Crippen LogP contribution is -2.22. The summed E-state index contributed by atoms with van der Waals surface area (Å²) in [6.07, 6.45) is -4.64. The first-order chi connectivity index (χ1) is 7.88. The normalized spacial score (nSPS) is 25.2. The molecule has 0 radical (unpaired) electrons. The number of alkyl halides is 3. The Morgan fingerprint density at radius 1 is 1.35 bits per heavy atom. The maximum Gasteiger partial charge on any atom is 0.419 e. The van der Waals surface area contributed by atoms with Gasteiger partial charge in [0.05, 0.1) is 10.9 Å². The van der Waals surface area contributed by atoms with Gasteiger partial charge in [-0.15, -0.1) is 11.8 Å². The number of hydrogen-bond acceptors (Lipinski definition) is 2. The van der Waals surface area contributed by atoms with Crippen molar-refractivity contribution in [3.8, 4) is 0 Å². The van der Waals surface area contributed by atoms with Crippen molar-refractivity contribution in [1.29, 1.82) is 0 Å². The summed E-state index contributed by atoms with van der Waals surface area (Å²) in [6.45, 7) is 1.96. The van der Waals surface area contributed by atoms with Crippen LogP contribution in [0.3, 0.4) is 0 Å². The quantitative estimate of drug-likeness (QED) is 0.779. The summed E-state index contributed by atoms with van der Waals surface area (Å²) in [7, 11) is 0. The SMILES string of the molecule is CC1CSC(c2ccc(F)c(C(F)(F)F)c2)N1. The lowest BCUT2D eigenvalue weighted by Gasteiger charge is -2.14. The van der Waals surface area contributed by atoms with Gasteiger partial charge in [0.15, 0.2) is 0 Å². The van der Waals surface area contributed by atoms with Crippen LogP contribution in [-0.4, -0.2) is 11.8 Å². The zero-order valence-electron chi connectivity index (χ0n) is 9.01. The van der Waals surface area contributed by atoms with E-state index in [2.05, 4.69) is 5.32 Å². The zero-order chi connectivity index (χ0) is 12.6. The van der Waals surface area contributed by atoms with Crippen LogP contribution in [0, 0.1) is 5.82 Å². The Balaban J connectivity index is 2.31. The third kappa shape index (κ3) is 2.74. The molecule has 1 nitrogen and oxygen atoms in total. The predicted octanol–water partition coefficient (Wildman–Crippen LogP) is 3.57. The molecule has 1 aliphatic rings. The number of thioether (sulfide) groups is 1. The molecule has 0 aromatic heterocycles. The lowest BCUT2D eigenvalue weighted by atomic mass is 10.1. The van der Waals surface area contributed by atoms with Crippen molar-refractivity contribution in [2.45, 2.75) is 24.5 Å². The van der Waals surface area contributed by atoms with Crippen molar-refractivity contribution in [3.05, 3.63) is 35.1 Å². The molecule has 0 aliphatic carbocycles. The molecule has 2 unspecified atom stereocenters. The molecule has 1 N–H and O–H groups in total. The van der Waals surface area contributed by atoms with Crippen LogP contribution in [0.1, 0.15) is 23.4 Å². The zero-order valence-corrected chi connectivity index (χ0v) is 9.83. The summed E-state index contributed by atoms with van der Waals surface area (Å²) in [5, 5.41) is 2.95. The fraction of sp³-hybridized carbons (Fsp3) is 0.455. The second kappa shape index (κ2) is 4.49. The van der Waals surface area contributed by atoms with Gasteiger partial charge in [0.25, 0.3) is 0 Å². The summed E-state index contributed by atoms with van der Waals surface area (Å²) in [5.74, 6) is -0.388. The van der Waals surface area contributed by atoms with E-state index in [-0.39, 0.29) is 11.4 Å². The summed E-state index contributed by atoms with van der Waals surface area (Å²) in [5.41, 5.74) is -0.731. The van der Waals surface area contributed by atoms with E-state index in [1.54, 1.807) is 0 Å². The highest BCUT2D eigenvalue weighted by atomic mass is 32.2. The molecule has 2 atom stereocenters. The lowest BCUT2D eigenvalue weighted by molar-refractivity contribution is -0.140. The first-order valence-electron chi connectivity index (χ1n) is 5.12. The highest BCUT2D eigenvalue weighted by molar-refractivity contribution is 7.99. The summed E-state index contributed by atoms with van der Waals surface area (Å²) in [4.78, 5) is 0. The smallest absolute Gasteiger partial charge is 0.298 e. The van der Waals surface area contributed by atoms with Crippen molar-refractivity contribution in [2.24, 2.45) is 0 Å². The average molecular weight is 265 g/mol. The molecule has 1 fully saturated rings. The van der Waals surface area contributed by atoms with Crippen LogP contribution in [-0.2, 0) is 6.18 Å². The van der Waals surface area contributed by atoms with E-state index in [9.17, 15) is 17.6 Å². The van der Waals surface area contributed by atoms with Crippen molar-refractivity contribution in [3.63, 3.8) is 0 Å². The van der Waals surface area contributed by atoms with E-state index in [0.29, 0.717) is 5.56 Å². The van der Waals surface area contributed by atoms with Gasteiger partial charge in [-0.1, -0.05) is 6.07 Å². The van der Waals surface area contributed by atoms with Crippen LogP contribution in [0.2, 0.25) is 0 Å². The van der Waals surface area contributed by atoms with Crippen molar-refractivity contribution in [1.82, 2.24) is 5.32 Å². The van der Waals surface area contributed by atoms with Gasteiger partial charge in [-0.2, -0.15) is 13.2 Å². The molecule has 0 saturated carbocycles. The van der Waals surface area contributed by atoms with Gasteiger partial charge >= 0.3 is 6.18 Å². The molecule has 0 bridgehead atoms. The maximum atomic E-state index is 13.1. The van der Waals surface area contributed by atoms with E-state index in [1.165, 1.54) is 17.8 Å². The van der Waals surface area contributed by atoms with E-state index in [1.807, 2.05) is 6.92 Å². The van der Waals surface area contributed by atoms with Gasteiger partial charge in [-0.3, -0.25) is 5.32 Å². The first kappa shape index (κ1) is 12.7. The van der Waals surface area contributed by atoms with Gasteiger partial charge in [-0.25, -0.2) is 4.39 Å². The highest BCUT2D eigenvalue weighted by Crippen LogP contribution is 2.37. The fourth-order valence-corrected chi connectivity index (χ4v) is 2.96. The Bertz CT molecular complexity index is 418. The first-order valence-corrected chi connectivity index (χ1v) is 6.17. The molecule has 0 amide bonds. The second-order valence-corrected chi connectivity index (χ2v) is 5.16. The fourth-order valence-electron chi connectivity index (χ4n) is 1.71. The average Bonchev–Trinajstić information content (AvgIpc) is 2.64. The molecule has 17 heavy (non-hydrogen) atoms. The molecule has 1 heterocycles. The third-order valence-electron chi connectivity index (χ3n) is 2.55. The largest absolute Gasteiger partial charge is 0.419 e. The maximum absolute atomic E-state index is 13.1. The Morgan fingerprint density at radius 3 is 2.59 bits per heavy atom. The van der Waals surface area contributed by atoms with E-state index in [4.69, 9.17) is 0 Å². The van der Waals surface area contributed by atoms with E-state index >= 15 is 0 Å². The number of hydrogen-bond donors (Lipinski definition) is 1. The summed E-state index contributed by atoms with van der Waals surface area (Å²) in [6, 6.07) is 3.42. The van der Waals surface area contributed by atoms with Crippen LogP contribution >= 0.6 is 11.8 Å². The van der Waals surface area contributed by atoms with Crippen LogP contribution in [0.5, 0.6) is 0 Å². The molecule has 1 aliphatic heterocycles. The topological polar surface area (TPSA) is 12.0 Å². The monoisotopic (exact) mass is 265 g/mol. The Morgan fingerprint density at radius 2 is 2.06 bits per heavy atom. The van der Waals surface area contributed by atoms with Crippen LogP contribution < -0.4 is 5.32 Å². The van der Waals surface area contributed by atoms with Gasteiger partial charge in [-0.05, 0) is 24.6 Å². The molecular weight excluding hydrogens is 254 g/mol. The van der Waals surface area contributed by atoms with Crippen molar-refractivity contribution < 1.29 is 17.6 Å². The minimum Gasteiger partial charge on any atom is -0.298 e. The highest BCUT2D eigenvalue weighted by Gasteiger charge is 2.35. The molecule has 1 saturated heterocycles. The second-order valence-electron chi connectivity index (χ2n) is 4.02. The molecule has 1 aromatic rings. The van der Waals surface area contributed by atoms with Crippen LogP contribution in [0.4, 0.5) is 17.6 Å². The van der Waals surface area contributed by atoms with Crippen molar-refractivity contribution in [2.75, 3.05) is 5.75 Å². The van der Waals surface area contributed by atoms with E-state index < -0.39 is 17.6 Å². The standard InChI is InChI=1S/C11H11F4NS/c1-6-5-17-10(16-6)7-2-3-9(12)8(4-7)11(13,14)15/h2-4,6,10,16H,5H2,1H3. The molecule has 6 heteroatoms. The van der Waals surface area contributed by atoms with Gasteiger partial charge in [0.2, 0.25) is 0 Å². The van der Waals surface area contributed by atoms with Gasteiger partial charge in [0, 0.05) is 11.8 Å². The number of halogens is 4. The molecule has 0 spiro atoms. The van der Waals surface area contributed by atoms with Gasteiger partial charge in [0.1, 0.15) is 5.82 Å². The van der Waals surface area contributed by atoms with Crippen LogP contribution in [0.15, 0.2) is 18.2 Å². The summed E-state index contributed by atoms with van der Waals surface area (Å²) < 4.78 is 50.7. The summed E-state index contributed by atoms with van der Waals surface area (Å²) >= 11 is 1.53. The predicted molar refractivity (Wildman–Crippen MR) is 59.2 cm³/mol. The Hall–Kier alpha value is -0.750. The number of benzene rings is 1. The molecule has 2 rings (SSSR count). The van der Waals surface area contributed by atoms with Crippen molar-refractivity contribution >= 4 is 11.8 Å². The minimum absolute atomic E-state index is 0.188. The Kier molecular flexibility index (Phi) is 3.36. The minimum atomic E-state index is -4.64. The molecule has 94 valence electrons. The van der Waals surface area contributed by atoms with E-state index in [0.717, 1.165) is 17.9 Å². The molecular formula is C11H11F4NS. The molecule has 1 aromatic carbocycles. The Labute approximate surface area is 101 Å². The third-order valence-corrected chi connectivity index (χ3v) is 3.98.